The van der Waals surface area contributed by atoms with Crippen LogP contribution < -0.4 is 0 Å². The maximum atomic E-state index is 12.7. The van der Waals surface area contributed by atoms with Gasteiger partial charge in [0, 0.05) is 25.5 Å². The second-order valence-electron chi connectivity index (χ2n) is 6.58. The Hall–Kier alpha value is -2.86. The molecule has 0 spiro atoms. The van der Waals surface area contributed by atoms with E-state index in [2.05, 4.69) is 0 Å². The minimum absolute atomic E-state index is 0.0310. The summed E-state index contributed by atoms with van der Waals surface area (Å²) in [4.78, 5) is 25.5. The highest BCUT2D eigenvalue weighted by Gasteiger charge is 2.39. The lowest BCUT2D eigenvalue weighted by molar-refractivity contribution is -0.148. The number of fused-ring (bicyclic) bond motifs is 3. The summed E-state index contributed by atoms with van der Waals surface area (Å²) >= 11 is 0. The van der Waals surface area contributed by atoms with Gasteiger partial charge in [-0.25, -0.2) is 4.79 Å². The summed E-state index contributed by atoms with van der Waals surface area (Å²) < 4.78 is 11.1. The van der Waals surface area contributed by atoms with E-state index >= 15 is 0 Å². The molecule has 2 heterocycles. The van der Waals surface area contributed by atoms with Crippen LogP contribution in [0.1, 0.15) is 12.2 Å². The molecule has 0 aliphatic carbocycles. The number of hydrogen-bond acceptors (Lipinski definition) is 4. The minimum Gasteiger partial charge on any atom is -0.480 e. The number of likely N-dealkylation sites (tertiary alicyclic amines) is 1. The van der Waals surface area contributed by atoms with Gasteiger partial charge in [-0.05, 0) is 22.9 Å². The van der Waals surface area contributed by atoms with Crippen molar-refractivity contribution in [1.29, 1.82) is 0 Å². The summed E-state index contributed by atoms with van der Waals surface area (Å²) in [6.45, 7) is 0.287. The first-order valence-electron chi connectivity index (χ1n) is 8.52. The lowest BCUT2D eigenvalue weighted by atomic mass is 10.1. The Labute approximate surface area is 149 Å². The fourth-order valence-electron chi connectivity index (χ4n) is 3.66. The number of nitrogens with zero attached hydrogens (tertiary/aromatic N) is 1. The van der Waals surface area contributed by atoms with Gasteiger partial charge in [0.05, 0.1) is 12.5 Å². The number of hydrogen-bond donors (Lipinski definition) is 1. The van der Waals surface area contributed by atoms with Crippen molar-refractivity contribution in [2.75, 3.05) is 13.7 Å². The number of carboxylic acids is 1. The Morgan fingerprint density at radius 2 is 2.04 bits per heavy atom. The molecule has 0 bridgehead atoms. The molecule has 3 aromatic rings. The first kappa shape index (κ1) is 16.6. The molecule has 1 amide bonds. The van der Waals surface area contributed by atoms with E-state index in [9.17, 15) is 14.7 Å². The molecule has 2 aromatic carbocycles. The SMILES string of the molecule is COC1CC(C(=O)O)N(C(=O)Cc2cc3c(ccc4ccccc43)o2)C1. The molecule has 26 heavy (non-hydrogen) atoms. The molecule has 2 unspecified atom stereocenters. The minimum atomic E-state index is -1.01. The molecule has 1 aliphatic rings. The number of carboxylic acid groups (broad SMARTS) is 1. The van der Waals surface area contributed by atoms with E-state index < -0.39 is 12.0 Å². The van der Waals surface area contributed by atoms with Crippen molar-refractivity contribution in [3.8, 4) is 0 Å². The van der Waals surface area contributed by atoms with Gasteiger partial charge in [0.15, 0.2) is 0 Å². The van der Waals surface area contributed by atoms with Crippen molar-refractivity contribution >= 4 is 33.6 Å². The molecule has 1 aliphatic heterocycles. The van der Waals surface area contributed by atoms with Gasteiger partial charge in [0.2, 0.25) is 5.91 Å². The molecule has 0 radical (unpaired) electrons. The van der Waals surface area contributed by atoms with Gasteiger partial charge in [0.25, 0.3) is 0 Å². The van der Waals surface area contributed by atoms with Gasteiger partial charge in [-0.15, -0.1) is 0 Å². The number of ether oxygens (including phenoxy) is 1. The quantitative estimate of drug-likeness (QED) is 0.780. The Morgan fingerprint density at radius 3 is 2.81 bits per heavy atom. The fraction of sp³-hybridized carbons (Fsp3) is 0.300. The molecule has 1 fully saturated rings. The molecule has 4 rings (SSSR count). The van der Waals surface area contributed by atoms with Crippen LogP contribution in [0.4, 0.5) is 0 Å². The van der Waals surface area contributed by atoms with Crippen molar-refractivity contribution < 1.29 is 23.8 Å². The lowest BCUT2D eigenvalue weighted by Crippen LogP contribution is -2.41. The van der Waals surface area contributed by atoms with Crippen LogP contribution in [0, 0.1) is 0 Å². The number of carbonyl (C=O) groups is 2. The van der Waals surface area contributed by atoms with Crippen LogP contribution in [-0.4, -0.2) is 47.7 Å². The Morgan fingerprint density at radius 1 is 1.23 bits per heavy atom. The molecule has 6 nitrogen and oxygen atoms in total. The summed E-state index contributed by atoms with van der Waals surface area (Å²) in [6.07, 6.45) is 0.0885. The number of aliphatic carboxylic acids is 1. The smallest absolute Gasteiger partial charge is 0.326 e. The van der Waals surface area contributed by atoms with Crippen LogP contribution in [-0.2, 0) is 20.7 Å². The summed E-state index contributed by atoms with van der Waals surface area (Å²) in [5, 5.41) is 12.5. The fourth-order valence-corrected chi connectivity index (χ4v) is 3.66. The van der Waals surface area contributed by atoms with E-state index in [-0.39, 0.29) is 25.0 Å². The van der Waals surface area contributed by atoms with Crippen LogP contribution in [0.3, 0.4) is 0 Å². The standard InChI is InChI=1S/C20H19NO5/c1-25-14-9-17(20(23)24)21(11-14)19(22)10-13-8-16-15-5-3-2-4-12(15)6-7-18(16)26-13/h2-8,14,17H,9-11H2,1H3,(H,23,24). The van der Waals surface area contributed by atoms with Gasteiger partial charge in [-0.1, -0.05) is 30.3 Å². The summed E-state index contributed by atoms with van der Waals surface area (Å²) in [6, 6.07) is 12.9. The van der Waals surface area contributed by atoms with Crippen molar-refractivity contribution in [3.05, 3.63) is 48.2 Å². The average molecular weight is 353 g/mol. The van der Waals surface area contributed by atoms with E-state index in [0.717, 1.165) is 21.7 Å². The van der Waals surface area contributed by atoms with E-state index in [1.54, 1.807) is 0 Å². The van der Waals surface area contributed by atoms with Crippen LogP contribution in [0.15, 0.2) is 46.9 Å². The maximum Gasteiger partial charge on any atom is 0.326 e. The third kappa shape index (κ3) is 2.82. The molecule has 6 heteroatoms. The number of benzene rings is 2. The van der Waals surface area contributed by atoms with E-state index in [1.165, 1.54) is 12.0 Å². The second-order valence-corrected chi connectivity index (χ2v) is 6.58. The first-order valence-corrected chi connectivity index (χ1v) is 8.52. The van der Waals surface area contributed by atoms with E-state index in [4.69, 9.17) is 9.15 Å². The van der Waals surface area contributed by atoms with Crippen molar-refractivity contribution in [2.24, 2.45) is 0 Å². The molecule has 134 valence electrons. The zero-order valence-corrected chi connectivity index (χ0v) is 14.3. The predicted octanol–water partition coefficient (Wildman–Crippen LogP) is 2.83. The summed E-state index contributed by atoms with van der Waals surface area (Å²) in [7, 11) is 1.53. The van der Waals surface area contributed by atoms with Gasteiger partial charge >= 0.3 is 5.97 Å². The molecule has 2 atom stereocenters. The topological polar surface area (TPSA) is 80.0 Å². The van der Waals surface area contributed by atoms with Crippen LogP contribution >= 0.6 is 0 Å². The monoisotopic (exact) mass is 353 g/mol. The maximum absolute atomic E-state index is 12.7. The summed E-state index contributed by atoms with van der Waals surface area (Å²) in [5.41, 5.74) is 0.720. The Balaban J connectivity index is 1.61. The third-order valence-corrected chi connectivity index (χ3v) is 5.00. The van der Waals surface area contributed by atoms with E-state index in [1.807, 2.05) is 42.5 Å². The highest BCUT2D eigenvalue weighted by atomic mass is 16.5. The van der Waals surface area contributed by atoms with Gasteiger partial charge in [0.1, 0.15) is 17.4 Å². The summed E-state index contributed by atoms with van der Waals surface area (Å²) in [5.74, 6) is -0.736. The van der Waals surface area contributed by atoms with Crippen molar-refractivity contribution in [3.63, 3.8) is 0 Å². The molecular formula is C20H19NO5. The first-order chi connectivity index (χ1) is 12.6. The molecule has 0 saturated carbocycles. The van der Waals surface area contributed by atoms with E-state index in [0.29, 0.717) is 12.2 Å². The largest absolute Gasteiger partial charge is 0.480 e. The predicted molar refractivity (Wildman–Crippen MR) is 96.0 cm³/mol. The van der Waals surface area contributed by atoms with Crippen molar-refractivity contribution in [1.82, 2.24) is 4.90 Å². The zero-order chi connectivity index (χ0) is 18.3. The number of rotatable bonds is 4. The highest BCUT2D eigenvalue weighted by Crippen LogP contribution is 2.29. The van der Waals surface area contributed by atoms with Crippen molar-refractivity contribution in [2.45, 2.75) is 25.0 Å². The zero-order valence-electron chi connectivity index (χ0n) is 14.3. The number of amides is 1. The Kier molecular flexibility index (Phi) is 4.12. The Bertz CT molecular complexity index is 992. The number of methoxy groups -OCH3 is 1. The van der Waals surface area contributed by atoms with Gasteiger partial charge < -0.3 is 19.2 Å². The second kappa shape index (κ2) is 6.46. The number of carbonyl (C=O) groups excluding carboxylic acids is 1. The molecular weight excluding hydrogens is 334 g/mol. The van der Waals surface area contributed by atoms with Gasteiger partial charge in [-0.2, -0.15) is 0 Å². The van der Waals surface area contributed by atoms with Gasteiger partial charge in [-0.3, -0.25) is 4.79 Å². The van der Waals surface area contributed by atoms with Crippen LogP contribution in [0.5, 0.6) is 0 Å². The van der Waals surface area contributed by atoms with Crippen LogP contribution in [0.2, 0.25) is 0 Å². The molecule has 1 N–H and O–H groups in total. The molecule has 1 saturated heterocycles. The highest BCUT2D eigenvalue weighted by molar-refractivity contribution is 6.06. The normalized spacial score (nSPS) is 20.1. The van der Waals surface area contributed by atoms with Crippen LogP contribution in [0.25, 0.3) is 21.7 Å². The number of furan rings is 1. The molecule has 1 aromatic heterocycles. The lowest BCUT2D eigenvalue weighted by Gasteiger charge is -2.20. The average Bonchev–Trinajstić information content (AvgIpc) is 3.25. The third-order valence-electron chi connectivity index (χ3n) is 5.00.